The number of nitrogens with zero attached hydrogens (tertiary/aromatic N) is 1. The van der Waals surface area contributed by atoms with E-state index in [-0.39, 0.29) is 37.0 Å². The SMILES string of the molecule is Cl.Cl.O=C(Nc1ccc(O[C@H]2CCNC2)c(-c2ccc(F)nc2)c1)c1ccc(O[C@H]2CCNC2)c(-c2ccc(F)c(F)c2)c1. The average Bonchev–Trinajstić information content (AvgIpc) is 3.71. The molecule has 4 aromatic rings. The molecule has 0 bridgehead atoms. The maximum absolute atomic E-state index is 14.2. The second kappa shape index (κ2) is 14.8. The zero-order valence-electron chi connectivity index (χ0n) is 23.4. The summed E-state index contributed by atoms with van der Waals surface area (Å²) in [7, 11) is 0. The molecule has 0 aliphatic carbocycles. The van der Waals surface area contributed by atoms with E-state index in [0.29, 0.717) is 51.5 Å². The molecule has 44 heavy (non-hydrogen) atoms. The van der Waals surface area contributed by atoms with Crippen LogP contribution in [0.1, 0.15) is 23.2 Å². The number of hydrogen-bond acceptors (Lipinski definition) is 6. The second-order valence-electron chi connectivity index (χ2n) is 10.3. The third-order valence-electron chi connectivity index (χ3n) is 7.37. The van der Waals surface area contributed by atoms with E-state index in [0.717, 1.165) is 44.6 Å². The summed E-state index contributed by atoms with van der Waals surface area (Å²) < 4.78 is 53.8. The van der Waals surface area contributed by atoms with E-state index >= 15 is 0 Å². The molecule has 2 atom stereocenters. The summed E-state index contributed by atoms with van der Waals surface area (Å²) in [5.74, 6) is -1.89. The first-order chi connectivity index (χ1) is 20.4. The molecular formula is C32H31Cl2F3N4O3. The lowest BCUT2D eigenvalue weighted by Crippen LogP contribution is -2.20. The first-order valence-electron chi connectivity index (χ1n) is 13.8. The third-order valence-corrected chi connectivity index (χ3v) is 7.37. The van der Waals surface area contributed by atoms with Crippen molar-refractivity contribution >= 4 is 36.4 Å². The summed E-state index contributed by atoms with van der Waals surface area (Å²) in [6.45, 7) is 3.07. The van der Waals surface area contributed by atoms with Gasteiger partial charge in [0.1, 0.15) is 23.7 Å². The van der Waals surface area contributed by atoms with Crippen molar-refractivity contribution in [3.05, 3.63) is 96.1 Å². The van der Waals surface area contributed by atoms with Gasteiger partial charge < -0.3 is 25.4 Å². The van der Waals surface area contributed by atoms with Crippen molar-refractivity contribution in [1.29, 1.82) is 0 Å². The van der Waals surface area contributed by atoms with Gasteiger partial charge in [-0.1, -0.05) is 6.07 Å². The summed E-state index contributed by atoms with van der Waals surface area (Å²) in [6, 6.07) is 16.6. The van der Waals surface area contributed by atoms with Crippen LogP contribution in [-0.2, 0) is 0 Å². The van der Waals surface area contributed by atoms with Crippen molar-refractivity contribution in [3.8, 4) is 33.8 Å². The van der Waals surface area contributed by atoms with Crippen molar-refractivity contribution < 1.29 is 27.4 Å². The third kappa shape index (κ3) is 7.62. The van der Waals surface area contributed by atoms with Crippen molar-refractivity contribution in [1.82, 2.24) is 15.6 Å². The molecule has 7 nitrogen and oxygen atoms in total. The molecular weight excluding hydrogens is 616 g/mol. The van der Waals surface area contributed by atoms with E-state index in [4.69, 9.17) is 9.47 Å². The molecule has 6 rings (SSSR count). The van der Waals surface area contributed by atoms with Gasteiger partial charge in [0.05, 0.1) is 0 Å². The number of aromatic nitrogens is 1. The van der Waals surface area contributed by atoms with Gasteiger partial charge in [0.15, 0.2) is 11.6 Å². The summed E-state index contributed by atoms with van der Waals surface area (Å²) in [5.41, 5.74) is 2.94. The van der Waals surface area contributed by atoms with Crippen molar-refractivity contribution in [3.63, 3.8) is 0 Å². The molecule has 3 heterocycles. The van der Waals surface area contributed by atoms with Crippen LogP contribution in [0.25, 0.3) is 22.3 Å². The van der Waals surface area contributed by atoms with Gasteiger partial charge in [0.25, 0.3) is 5.91 Å². The molecule has 0 spiro atoms. The maximum atomic E-state index is 14.2. The highest BCUT2D eigenvalue weighted by Gasteiger charge is 2.22. The maximum Gasteiger partial charge on any atom is 0.255 e. The predicted molar refractivity (Wildman–Crippen MR) is 168 cm³/mol. The van der Waals surface area contributed by atoms with Crippen LogP contribution in [0.3, 0.4) is 0 Å². The smallest absolute Gasteiger partial charge is 0.255 e. The van der Waals surface area contributed by atoms with Gasteiger partial charge in [-0.25, -0.2) is 13.8 Å². The number of amides is 1. The van der Waals surface area contributed by atoms with Crippen LogP contribution in [0.2, 0.25) is 0 Å². The summed E-state index contributed by atoms with van der Waals surface area (Å²) in [5, 5.41) is 9.41. The molecule has 232 valence electrons. The summed E-state index contributed by atoms with van der Waals surface area (Å²) in [4.78, 5) is 17.2. The van der Waals surface area contributed by atoms with E-state index < -0.39 is 23.5 Å². The molecule has 2 fully saturated rings. The predicted octanol–water partition coefficient (Wildman–Crippen LogP) is 6.41. The van der Waals surface area contributed by atoms with E-state index in [1.165, 1.54) is 18.3 Å². The normalized spacial score (nSPS) is 17.3. The van der Waals surface area contributed by atoms with Crippen LogP contribution in [0, 0.1) is 17.6 Å². The van der Waals surface area contributed by atoms with Crippen molar-refractivity contribution in [2.75, 3.05) is 31.5 Å². The second-order valence-corrected chi connectivity index (χ2v) is 10.3. The van der Waals surface area contributed by atoms with Crippen molar-refractivity contribution in [2.24, 2.45) is 0 Å². The van der Waals surface area contributed by atoms with Gasteiger partial charge in [0.2, 0.25) is 5.95 Å². The fraction of sp³-hybridized carbons (Fsp3) is 0.250. The Labute approximate surface area is 265 Å². The minimum absolute atomic E-state index is 0. The molecule has 2 saturated heterocycles. The van der Waals surface area contributed by atoms with Crippen LogP contribution in [-0.4, -0.2) is 49.3 Å². The topological polar surface area (TPSA) is 84.5 Å². The minimum Gasteiger partial charge on any atom is -0.488 e. The molecule has 3 N–H and O–H groups in total. The number of carbonyl (C=O) groups is 1. The zero-order valence-corrected chi connectivity index (χ0v) is 25.1. The Morgan fingerprint density at radius 2 is 1.39 bits per heavy atom. The zero-order chi connectivity index (χ0) is 29.1. The Morgan fingerprint density at radius 3 is 1.98 bits per heavy atom. The fourth-order valence-corrected chi connectivity index (χ4v) is 5.15. The Balaban J connectivity index is 0.00000221. The lowest BCUT2D eigenvalue weighted by atomic mass is 10.0. The fourth-order valence-electron chi connectivity index (χ4n) is 5.15. The highest BCUT2D eigenvalue weighted by molar-refractivity contribution is 6.05. The number of carbonyl (C=O) groups excluding carboxylic acids is 1. The standard InChI is InChI=1S/C32H29F3N4O3.2ClH/c33-27-5-1-19(14-28(27)34)25-13-20(2-6-29(25)41-23-9-11-36-17-23)32(40)39-22-4-7-30(42-24-10-12-37-18-24)26(15-22)21-3-8-31(35)38-16-21;;/h1-8,13-16,23-24,36-37H,9-12,17-18H2,(H,39,40);2*1H/t23-,24-;;/m0../s1. The number of pyridine rings is 1. The molecule has 12 heteroatoms. The number of halogens is 5. The number of benzene rings is 3. The van der Waals surface area contributed by atoms with Gasteiger partial charge >= 0.3 is 0 Å². The van der Waals surface area contributed by atoms with Crippen LogP contribution in [0.15, 0.2) is 72.9 Å². The Bertz CT molecular complexity index is 1600. The number of anilines is 1. The molecule has 3 aromatic carbocycles. The van der Waals surface area contributed by atoms with E-state index in [2.05, 4.69) is 20.9 Å². The van der Waals surface area contributed by atoms with Gasteiger partial charge in [0, 0.05) is 47.2 Å². The Morgan fingerprint density at radius 1 is 0.750 bits per heavy atom. The van der Waals surface area contributed by atoms with Gasteiger partial charge in [-0.3, -0.25) is 4.79 Å². The molecule has 1 aromatic heterocycles. The Hall–Kier alpha value is -3.83. The number of rotatable bonds is 8. The van der Waals surface area contributed by atoms with E-state index in [1.807, 2.05) is 0 Å². The van der Waals surface area contributed by atoms with E-state index in [9.17, 15) is 18.0 Å². The molecule has 0 unspecified atom stereocenters. The van der Waals surface area contributed by atoms with Crippen molar-refractivity contribution in [2.45, 2.75) is 25.0 Å². The van der Waals surface area contributed by atoms with Crippen LogP contribution in [0.4, 0.5) is 18.9 Å². The highest BCUT2D eigenvalue weighted by Crippen LogP contribution is 2.36. The summed E-state index contributed by atoms with van der Waals surface area (Å²) >= 11 is 0. The average molecular weight is 648 g/mol. The Kier molecular flexibility index (Phi) is 11.1. The quantitative estimate of drug-likeness (QED) is 0.192. The number of nitrogens with one attached hydrogen (secondary N) is 3. The molecule has 2 aliphatic heterocycles. The lowest BCUT2D eigenvalue weighted by Gasteiger charge is -2.18. The molecule has 0 radical (unpaired) electrons. The van der Waals surface area contributed by atoms with E-state index in [1.54, 1.807) is 42.5 Å². The van der Waals surface area contributed by atoms with Crippen LogP contribution in [0.5, 0.6) is 11.5 Å². The summed E-state index contributed by atoms with van der Waals surface area (Å²) in [6.07, 6.45) is 3.00. The largest absolute Gasteiger partial charge is 0.488 e. The van der Waals surface area contributed by atoms with Gasteiger partial charge in [-0.2, -0.15) is 4.39 Å². The van der Waals surface area contributed by atoms with Gasteiger partial charge in [-0.15, -0.1) is 24.8 Å². The first kappa shape index (κ1) is 33.1. The highest BCUT2D eigenvalue weighted by atomic mass is 35.5. The number of ether oxygens (including phenoxy) is 2. The molecule has 2 aliphatic rings. The minimum atomic E-state index is -0.991. The monoisotopic (exact) mass is 646 g/mol. The van der Waals surface area contributed by atoms with Gasteiger partial charge in [-0.05, 0) is 92.2 Å². The van der Waals surface area contributed by atoms with Crippen LogP contribution < -0.4 is 25.4 Å². The lowest BCUT2D eigenvalue weighted by molar-refractivity contribution is 0.102. The number of hydrogen-bond donors (Lipinski definition) is 3. The first-order valence-corrected chi connectivity index (χ1v) is 13.8. The molecule has 1 amide bonds. The van der Waals surface area contributed by atoms with Crippen LogP contribution >= 0.6 is 24.8 Å². The molecule has 0 saturated carbocycles.